The van der Waals surface area contributed by atoms with Gasteiger partial charge in [-0.15, -0.1) is 0 Å². The van der Waals surface area contributed by atoms with E-state index >= 15 is 0 Å². The number of rotatable bonds is 35. The van der Waals surface area contributed by atoms with Gasteiger partial charge in [0.15, 0.2) is 16.6 Å². The van der Waals surface area contributed by atoms with E-state index in [1.165, 1.54) is 0 Å². The Bertz CT molecular complexity index is 1130. The SMILES string of the molecule is CC(N)COCC(C)NCC(O)COCCC[Si]O[Si](O[Si](C)(C)CCCOCC(O)CNC(C)COCC(C)N)(O[Si](C)(C)O[Si](C)(C)C)c1ccccc1. The first-order valence-electron chi connectivity index (χ1n) is 20.4. The highest BCUT2D eigenvalue weighted by Crippen LogP contribution is 2.27. The maximum Gasteiger partial charge on any atom is 0.507 e. The third kappa shape index (κ3) is 27.5. The van der Waals surface area contributed by atoms with E-state index < -0.39 is 46.2 Å². The standard InChI is InChI=1S/C37H80N4O10Si5/c1-31(38)25-46-27-33(3)40-23-35(42)29-44-19-15-21-52-48-56(37-17-13-12-14-18-37,51-55(10,11)49-53(5,6)7)50-54(8,9)22-16-20-45-30-36(43)24-41-34(4)28-47-26-32(2)39/h12-14,17-18,31-36,40-43H,15-16,19-30,38-39H2,1-11H3. The van der Waals surface area contributed by atoms with Crippen LogP contribution in [0.5, 0.6) is 0 Å². The van der Waals surface area contributed by atoms with Crippen LogP contribution in [0.25, 0.3) is 0 Å². The molecule has 0 aromatic heterocycles. The highest BCUT2D eigenvalue weighted by atomic mass is 28.5. The summed E-state index contributed by atoms with van der Waals surface area (Å²) in [5, 5.41) is 28.4. The summed E-state index contributed by atoms with van der Waals surface area (Å²) in [7, 11) is -10.4. The monoisotopic (exact) mass is 880 g/mol. The summed E-state index contributed by atoms with van der Waals surface area (Å²) in [6.45, 7) is 27.4. The maximum absolute atomic E-state index is 10.5. The van der Waals surface area contributed by atoms with Crippen LogP contribution >= 0.6 is 0 Å². The fourth-order valence-corrected chi connectivity index (χ4v) is 24.0. The Morgan fingerprint density at radius 3 is 1.62 bits per heavy atom. The average molecular weight is 881 g/mol. The minimum Gasteiger partial charge on any atom is -0.437 e. The van der Waals surface area contributed by atoms with Gasteiger partial charge in [-0.1, -0.05) is 30.3 Å². The van der Waals surface area contributed by atoms with Gasteiger partial charge in [-0.3, -0.25) is 0 Å². The van der Waals surface area contributed by atoms with Gasteiger partial charge >= 0.3 is 17.4 Å². The molecule has 8 N–H and O–H groups in total. The molecule has 0 saturated heterocycles. The molecule has 19 heteroatoms. The molecular formula is C37H80N4O10Si5. The molecule has 1 aromatic rings. The van der Waals surface area contributed by atoms with E-state index in [9.17, 15) is 10.2 Å². The first-order valence-corrected chi connectivity index (χ1v) is 32.5. The van der Waals surface area contributed by atoms with Gasteiger partial charge in [-0.25, -0.2) is 0 Å². The molecule has 0 bridgehead atoms. The number of aliphatic hydroxyl groups is 2. The molecule has 0 heterocycles. The Hall–Kier alpha value is -0.256. The van der Waals surface area contributed by atoms with Crippen LogP contribution in [0.3, 0.4) is 0 Å². The Balaban J connectivity index is 2.80. The zero-order chi connectivity index (χ0) is 42.3. The predicted octanol–water partition coefficient (Wildman–Crippen LogP) is 2.90. The summed E-state index contributed by atoms with van der Waals surface area (Å²) in [6, 6.07) is 11.9. The lowest BCUT2D eigenvalue weighted by Gasteiger charge is -2.42. The topological polar surface area (TPSA) is 190 Å². The van der Waals surface area contributed by atoms with Crippen LogP contribution in [0.1, 0.15) is 40.5 Å². The average Bonchev–Trinajstić information content (AvgIpc) is 3.07. The van der Waals surface area contributed by atoms with E-state index in [2.05, 4.69) is 68.6 Å². The van der Waals surface area contributed by atoms with Crippen LogP contribution in [-0.4, -0.2) is 156 Å². The molecule has 0 aliphatic carbocycles. The summed E-state index contributed by atoms with van der Waals surface area (Å²) in [5.41, 5.74) is 11.5. The molecule has 0 amide bonds. The first-order chi connectivity index (χ1) is 26.1. The van der Waals surface area contributed by atoms with E-state index in [0.29, 0.717) is 52.7 Å². The van der Waals surface area contributed by atoms with Crippen molar-refractivity contribution in [1.82, 2.24) is 10.6 Å². The van der Waals surface area contributed by atoms with Crippen molar-refractivity contribution in [3.63, 3.8) is 0 Å². The second-order valence-corrected chi connectivity index (χ2v) is 33.8. The minimum absolute atomic E-state index is 0.0000198. The molecule has 0 aliphatic rings. The van der Waals surface area contributed by atoms with E-state index in [1.54, 1.807) is 0 Å². The smallest absolute Gasteiger partial charge is 0.437 e. The molecule has 7 unspecified atom stereocenters. The molecule has 2 radical (unpaired) electrons. The van der Waals surface area contributed by atoms with Crippen molar-refractivity contribution in [1.29, 1.82) is 0 Å². The third-order valence-electron chi connectivity index (χ3n) is 7.83. The fraction of sp³-hybridized carbons (Fsp3) is 0.838. The lowest BCUT2D eigenvalue weighted by Crippen LogP contribution is -2.67. The number of aliphatic hydroxyl groups excluding tert-OH is 2. The van der Waals surface area contributed by atoms with Crippen molar-refractivity contribution >= 4 is 48.9 Å². The second-order valence-electron chi connectivity index (χ2n) is 17.1. The van der Waals surface area contributed by atoms with Crippen LogP contribution in [0, 0.1) is 0 Å². The van der Waals surface area contributed by atoms with Gasteiger partial charge in [0, 0.05) is 55.7 Å². The fourth-order valence-electron chi connectivity index (χ4n) is 5.58. The van der Waals surface area contributed by atoms with E-state index in [1.807, 2.05) is 45.9 Å². The molecule has 0 saturated carbocycles. The van der Waals surface area contributed by atoms with Crippen molar-refractivity contribution in [3.05, 3.63) is 30.3 Å². The Morgan fingerprint density at radius 2 is 1.14 bits per heavy atom. The quantitative estimate of drug-likeness (QED) is 0.0431. The number of nitrogens with two attached hydrogens (primary N) is 2. The van der Waals surface area contributed by atoms with Crippen LogP contribution in [-0.2, 0) is 35.4 Å². The van der Waals surface area contributed by atoms with Gasteiger partial charge in [-0.05, 0) is 98.5 Å². The first kappa shape index (κ1) is 53.8. The van der Waals surface area contributed by atoms with Crippen LogP contribution in [0.2, 0.25) is 57.9 Å². The molecule has 14 nitrogen and oxygen atoms in total. The van der Waals surface area contributed by atoms with Crippen molar-refractivity contribution in [2.75, 3.05) is 65.9 Å². The number of nitrogens with one attached hydrogen (secondary N) is 2. The number of hydrogen-bond donors (Lipinski definition) is 6. The summed E-state index contributed by atoms with van der Waals surface area (Å²) >= 11 is 0. The summed E-state index contributed by atoms with van der Waals surface area (Å²) in [5.74, 6) is 0. The normalized spacial score (nSPS) is 17.3. The van der Waals surface area contributed by atoms with Crippen molar-refractivity contribution in [2.45, 2.75) is 135 Å². The largest absolute Gasteiger partial charge is 0.507 e. The van der Waals surface area contributed by atoms with E-state index in [-0.39, 0.29) is 47.1 Å². The maximum atomic E-state index is 10.5. The molecule has 1 rings (SSSR count). The van der Waals surface area contributed by atoms with Crippen LogP contribution in [0.15, 0.2) is 30.3 Å². The molecule has 1 aromatic carbocycles. The summed E-state index contributed by atoms with van der Waals surface area (Å²) in [6.07, 6.45) is 0.316. The molecule has 0 fully saturated rings. The highest BCUT2D eigenvalue weighted by Gasteiger charge is 2.52. The molecule has 0 spiro atoms. The molecule has 56 heavy (non-hydrogen) atoms. The van der Waals surface area contributed by atoms with Crippen molar-refractivity contribution < 1.29 is 45.6 Å². The van der Waals surface area contributed by atoms with Gasteiger partial charge in [0.25, 0.3) is 0 Å². The van der Waals surface area contributed by atoms with E-state index in [0.717, 1.165) is 30.1 Å². The van der Waals surface area contributed by atoms with Gasteiger partial charge in [0.05, 0.1) is 51.8 Å². The Labute approximate surface area is 346 Å². The van der Waals surface area contributed by atoms with Gasteiger partial charge in [-0.2, -0.15) is 0 Å². The van der Waals surface area contributed by atoms with Gasteiger partial charge in [0.1, 0.15) is 0 Å². The number of ether oxygens (including phenoxy) is 4. The summed E-state index contributed by atoms with van der Waals surface area (Å²) in [4.78, 5) is 0. The van der Waals surface area contributed by atoms with Gasteiger partial charge in [0.2, 0.25) is 9.76 Å². The molecule has 328 valence electrons. The van der Waals surface area contributed by atoms with Crippen molar-refractivity contribution in [3.8, 4) is 0 Å². The van der Waals surface area contributed by atoms with E-state index in [4.69, 9.17) is 46.9 Å². The zero-order valence-corrected chi connectivity index (χ0v) is 41.6. The second kappa shape index (κ2) is 28.3. The minimum atomic E-state index is -3.47. The van der Waals surface area contributed by atoms with Crippen LogP contribution in [0.4, 0.5) is 0 Å². The van der Waals surface area contributed by atoms with Gasteiger partial charge < -0.3 is 67.7 Å². The Kier molecular flexibility index (Phi) is 27.2. The third-order valence-corrected chi connectivity index (χ3v) is 23.4. The molecule has 0 aliphatic heterocycles. The number of benzene rings is 1. The lowest BCUT2D eigenvalue weighted by atomic mass is 10.3. The predicted molar refractivity (Wildman–Crippen MR) is 237 cm³/mol. The molecule has 7 atom stereocenters. The molecular weight excluding hydrogens is 801 g/mol. The highest BCUT2D eigenvalue weighted by molar-refractivity contribution is 6.94. The lowest BCUT2D eigenvalue weighted by molar-refractivity contribution is 0.0328. The Morgan fingerprint density at radius 1 is 0.643 bits per heavy atom. The zero-order valence-electron chi connectivity index (χ0n) is 36.6. The van der Waals surface area contributed by atoms with Crippen molar-refractivity contribution in [2.24, 2.45) is 11.5 Å². The van der Waals surface area contributed by atoms with Crippen LogP contribution < -0.4 is 27.3 Å². The summed E-state index contributed by atoms with van der Waals surface area (Å²) < 4.78 is 50.8. The number of hydrogen-bond acceptors (Lipinski definition) is 14.